The fraction of sp³-hybridized carbons (Fsp3) is 0.591. The predicted molar refractivity (Wildman–Crippen MR) is 99.6 cm³/mol. The monoisotopic (exact) mass is 353 g/mol. The number of carbonyl (C=O) groups excluding carboxylic acids is 1. The third kappa shape index (κ3) is 1.84. The van der Waals surface area contributed by atoms with Gasteiger partial charge in [-0.2, -0.15) is 0 Å². The van der Waals surface area contributed by atoms with Crippen molar-refractivity contribution in [3.05, 3.63) is 41.0 Å². The number of hydrogen-bond acceptors (Lipinski definition) is 4. The number of aliphatic hydroxyl groups is 1. The molecule has 1 aromatic rings. The highest BCUT2D eigenvalue weighted by molar-refractivity contribution is 5.89. The summed E-state index contributed by atoms with van der Waals surface area (Å²) in [6, 6.07) is 8.71. The van der Waals surface area contributed by atoms with E-state index in [-0.39, 0.29) is 11.3 Å². The van der Waals surface area contributed by atoms with Crippen LogP contribution in [0.3, 0.4) is 0 Å². The zero-order valence-electron chi connectivity index (χ0n) is 15.6. The number of rotatable bonds is 2. The number of ether oxygens (including phenoxy) is 1. The molecule has 2 aliphatic carbocycles. The fourth-order valence-electron chi connectivity index (χ4n) is 6.63. The molecule has 4 heteroatoms. The number of nitrogens with zero attached hydrogens (tertiary/aromatic N) is 1. The summed E-state index contributed by atoms with van der Waals surface area (Å²) in [6.07, 6.45) is 4.70. The van der Waals surface area contributed by atoms with Gasteiger partial charge in [0.2, 0.25) is 0 Å². The van der Waals surface area contributed by atoms with E-state index in [1.807, 2.05) is 6.07 Å². The molecule has 2 aliphatic heterocycles. The van der Waals surface area contributed by atoms with Crippen molar-refractivity contribution in [1.82, 2.24) is 4.90 Å². The van der Waals surface area contributed by atoms with Gasteiger partial charge in [0.1, 0.15) is 0 Å². The van der Waals surface area contributed by atoms with Crippen LogP contribution in [0.2, 0.25) is 0 Å². The summed E-state index contributed by atoms with van der Waals surface area (Å²) in [4.78, 5) is 15.5. The van der Waals surface area contributed by atoms with E-state index < -0.39 is 11.6 Å². The summed E-state index contributed by atoms with van der Waals surface area (Å²) in [6.45, 7) is 4.43. The Morgan fingerprint density at radius 3 is 2.92 bits per heavy atom. The molecule has 26 heavy (non-hydrogen) atoms. The van der Waals surface area contributed by atoms with E-state index in [1.54, 1.807) is 0 Å². The maximum atomic E-state index is 12.9. The van der Waals surface area contributed by atoms with Gasteiger partial charge in [0, 0.05) is 18.5 Å². The summed E-state index contributed by atoms with van der Waals surface area (Å²) < 4.78 is 5.14. The Bertz CT molecular complexity index is 815. The Kier molecular flexibility index (Phi) is 3.45. The normalized spacial score (nSPS) is 38.0. The summed E-state index contributed by atoms with van der Waals surface area (Å²) in [7, 11) is 1.40. The molecule has 4 nitrogen and oxygen atoms in total. The van der Waals surface area contributed by atoms with E-state index in [0.717, 1.165) is 44.3 Å². The van der Waals surface area contributed by atoms with Crippen molar-refractivity contribution in [2.24, 2.45) is 5.41 Å². The first-order valence-corrected chi connectivity index (χ1v) is 9.93. The molecule has 138 valence electrons. The number of esters is 1. The second-order valence-corrected chi connectivity index (χ2v) is 8.55. The molecule has 0 spiro atoms. The van der Waals surface area contributed by atoms with E-state index in [2.05, 4.69) is 30.0 Å². The number of hydrogen-bond donors (Lipinski definition) is 1. The summed E-state index contributed by atoms with van der Waals surface area (Å²) in [5, 5.41) is 11.8. The molecule has 2 fully saturated rings. The van der Waals surface area contributed by atoms with Crippen molar-refractivity contribution in [2.45, 2.75) is 56.6 Å². The molecule has 0 amide bonds. The van der Waals surface area contributed by atoms with Crippen molar-refractivity contribution in [3.63, 3.8) is 0 Å². The number of fused-ring (bicyclic) bond motifs is 3. The van der Waals surface area contributed by atoms with Crippen LogP contribution in [0.5, 0.6) is 0 Å². The lowest BCUT2D eigenvalue weighted by Gasteiger charge is -2.60. The van der Waals surface area contributed by atoms with Gasteiger partial charge in [-0.1, -0.05) is 31.2 Å². The first-order valence-electron chi connectivity index (χ1n) is 9.93. The van der Waals surface area contributed by atoms with Gasteiger partial charge in [0.25, 0.3) is 0 Å². The Balaban J connectivity index is 1.79. The van der Waals surface area contributed by atoms with E-state index in [1.165, 1.54) is 23.8 Å². The summed E-state index contributed by atoms with van der Waals surface area (Å²) in [5.41, 5.74) is 3.55. The van der Waals surface area contributed by atoms with E-state index in [4.69, 9.17) is 4.74 Å². The molecule has 4 aliphatic rings. The molecule has 1 saturated carbocycles. The van der Waals surface area contributed by atoms with Gasteiger partial charge in [0.15, 0.2) is 5.60 Å². The van der Waals surface area contributed by atoms with Crippen LogP contribution in [-0.4, -0.2) is 47.8 Å². The first-order chi connectivity index (χ1) is 12.6. The lowest BCUT2D eigenvalue weighted by molar-refractivity contribution is -0.177. The lowest BCUT2D eigenvalue weighted by Crippen LogP contribution is -2.65. The van der Waals surface area contributed by atoms with Crippen LogP contribution >= 0.6 is 0 Å². The smallest absolute Gasteiger partial charge is 0.338 e. The Morgan fingerprint density at radius 1 is 1.35 bits per heavy atom. The average molecular weight is 353 g/mol. The minimum atomic E-state index is -1.46. The van der Waals surface area contributed by atoms with Crippen molar-refractivity contribution in [2.75, 3.05) is 20.2 Å². The Hall–Kier alpha value is -1.65. The summed E-state index contributed by atoms with van der Waals surface area (Å²) in [5.74, 6) is -0.730. The maximum Gasteiger partial charge on any atom is 0.338 e. The molecule has 4 atom stereocenters. The fourth-order valence-corrected chi connectivity index (χ4v) is 6.63. The quantitative estimate of drug-likeness (QED) is 0.830. The highest BCUT2D eigenvalue weighted by Crippen LogP contribution is 2.64. The highest BCUT2D eigenvalue weighted by Gasteiger charge is 2.65. The lowest BCUT2D eigenvalue weighted by atomic mass is 9.53. The van der Waals surface area contributed by atoms with E-state index in [9.17, 15) is 9.90 Å². The molecular formula is C22H27NO3. The van der Waals surface area contributed by atoms with Gasteiger partial charge in [0.05, 0.1) is 7.11 Å². The molecule has 0 aromatic heterocycles. The molecule has 1 unspecified atom stereocenters. The van der Waals surface area contributed by atoms with E-state index >= 15 is 0 Å². The number of benzene rings is 1. The van der Waals surface area contributed by atoms with Crippen LogP contribution in [-0.2, 0) is 9.53 Å². The predicted octanol–water partition coefficient (Wildman–Crippen LogP) is 3.11. The molecular weight excluding hydrogens is 326 g/mol. The van der Waals surface area contributed by atoms with Gasteiger partial charge in [-0.05, 0) is 66.3 Å². The van der Waals surface area contributed by atoms with Gasteiger partial charge < -0.3 is 9.84 Å². The van der Waals surface area contributed by atoms with Crippen molar-refractivity contribution in [1.29, 1.82) is 0 Å². The standard InChI is InChI=1S/C22H27NO3/c1-3-21-10-6-11-23-12-9-15-14-7-4-5-8-16(14)18(17(15)19(21)23)22(25,13-21)20(24)26-2/h4-5,7-8,18-19,25H,3,6,9-13H2,1-2H3/t18?,19-,21+,22-/m1/s1. The number of piperidine rings is 1. The maximum absolute atomic E-state index is 12.9. The largest absolute Gasteiger partial charge is 0.467 e. The molecule has 1 aromatic carbocycles. The second kappa shape index (κ2) is 5.43. The van der Waals surface area contributed by atoms with Crippen LogP contribution in [0.15, 0.2) is 29.8 Å². The molecule has 1 saturated heterocycles. The van der Waals surface area contributed by atoms with Crippen molar-refractivity contribution >= 4 is 11.5 Å². The van der Waals surface area contributed by atoms with Crippen LogP contribution in [0, 0.1) is 5.41 Å². The van der Waals surface area contributed by atoms with E-state index in [0.29, 0.717) is 12.5 Å². The van der Waals surface area contributed by atoms with Crippen LogP contribution in [0.25, 0.3) is 5.57 Å². The molecule has 1 N–H and O–H groups in total. The van der Waals surface area contributed by atoms with Gasteiger partial charge >= 0.3 is 5.97 Å². The average Bonchev–Trinajstić information content (AvgIpc) is 3.02. The SMILES string of the molecule is CC[C@]12CCCN3CCC4=C(C(c5ccccc54)[C@@](O)(C(=O)OC)C1)[C@@H]32. The number of carbonyl (C=O) groups is 1. The molecule has 0 radical (unpaired) electrons. The second-order valence-electron chi connectivity index (χ2n) is 8.55. The van der Waals surface area contributed by atoms with Crippen molar-refractivity contribution < 1.29 is 14.6 Å². The Morgan fingerprint density at radius 2 is 2.15 bits per heavy atom. The number of methoxy groups -OCH3 is 1. The van der Waals surface area contributed by atoms with Crippen LogP contribution < -0.4 is 0 Å². The van der Waals surface area contributed by atoms with Gasteiger partial charge in [-0.25, -0.2) is 4.79 Å². The van der Waals surface area contributed by atoms with Crippen molar-refractivity contribution in [3.8, 4) is 0 Å². The van der Waals surface area contributed by atoms with Crippen LogP contribution in [0.1, 0.15) is 56.1 Å². The topological polar surface area (TPSA) is 49.8 Å². The zero-order chi connectivity index (χ0) is 18.1. The van der Waals surface area contributed by atoms with Crippen LogP contribution in [0.4, 0.5) is 0 Å². The minimum absolute atomic E-state index is 0.0409. The highest BCUT2D eigenvalue weighted by atomic mass is 16.5. The molecule has 5 rings (SSSR count). The third-order valence-electron chi connectivity index (χ3n) is 7.61. The molecule has 0 bridgehead atoms. The molecule has 2 heterocycles. The zero-order valence-corrected chi connectivity index (χ0v) is 15.6. The Labute approximate surface area is 154 Å². The van der Waals surface area contributed by atoms with Gasteiger partial charge in [-0.15, -0.1) is 0 Å². The third-order valence-corrected chi connectivity index (χ3v) is 7.61. The first kappa shape index (κ1) is 16.5. The minimum Gasteiger partial charge on any atom is -0.467 e. The summed E-state index contributed by atoms with van der Waals surface area (Å²) >= 11 is 0. The van der Waals surface area contributed by atoms with Gasteiger partial charge in [-0.3, -0.25) is 4.90 Å².